The number of ether oxygens (including phenoxy) is 3. The van der Waals surface area contributed by atoms with Gasteiger partial charge in [-0.2, -0.15) is 0 Å². The van der Waals surface area contributed by atoms with E-state index in [9.17, 15) is 9.59 Å². The van der Waals surface area contributed by atoms with Crippen molar-refractivity contribution in [1.82, 2.24) is 19.6 Å². The van der Waals surface area contributed by atoms with Gasteiger partial charge < -0.3 is 18.8 Å². The van der Waals surface area contributed by atoms with E-state index in [0.29, 0.717) is 41.2 Å². The molecule has 0 saturated heterocycles. The first-order valence-corrected chi connectivity index (χ1v) is 11.8. The number of ketones is 1. The van der Waals surface area contributed by atoms with Gasteiger partial charge in [0.1, 0.15) is 5.52 Å². The Hall–Kier alpha value is -4.14. The number of rotatable bonds is 10. The van der Waals surface area contributed by atoms with Crippen LogP contribution in [0.2, 0.25) is 0 Å². The summed E-state index contributed by atoms with van der Waals surface area (Å²) in [5, 5.41) is 8.12. The standard InChI is InChI=1S/C27H30N4O5/c1-6-31-23-9-8-20(15-22(23)28-29-31)27(33)36-16-24(32)21-13-17(2)30(18(21)3)12-11-19-7-10-25(34-4)26(14-19)35-5/h7-10,13-15H,6,11-12,16H2,1-5H3. The Kier molecular flexibility index (Phi) is 7.38. The van der Waals surface area contributed by atoms with Crippen LogP contribution in [-0.4, -0.2) is 52.1 Å². The molecule has 4 rings (SSSR count). The first kappa shape index (κ1) is 25.0. The Morgan fingerprint density at radius 2 is 1.75 bits per heavy atom. The minimum absolute atomic E-state index is 0.244. The highest BCUT2D eigenvalue weighted by Crippen LogP contribution is 2.28. The zero-order valence-electron chi connectivity index (χ0n) is 21.2. The number of carbonyl (C=O) groups is 2. The Morgan fingerprint density at radius 3 is 2.47 bits per heavy atom. The van der Waals surface area contributed by atoms with Gasteiger partial charge in [-0.1, -0.05) is 11.3 Å². The molecule has 36 heavy (non-hydrogen) atoms. The molecule has 0 atom stereocenters. The summed E-state index contributed by atoms with van der Waals surface area (Å²) in [6, 6.07) is 12.8. The van der Waals surface area contributed by atoms with Crippen LogP contribution in [0.25, 0.3) is 11.0 Å². The van der Waals surface area contributed by atoms with Gasteiger partial charge in [0, 0.05) is 30.0 Å². The van der Waals surface area contributed by atoms with Crippen molar-refractivity contribution in [3.63, 3.8) is 0 Å². The molecule has 0 spiro atoms. The van der Waals surface area contributed by atoms with Crippen molar-refractivity contribution in [2.75, 3.05) is 20.8 Å². The molecule has 0 amide bonds. The van der Waals surface area contributed by atoms with E-state index >= 15 is 0 Å². The number of Topliss-reactive ketones (excluding diaryl/α,β-unsaturated/α-hetero) is 1. The summed E-state index contributed by atoms with van der Waals surface area (Å²) >= 11 is 0. The van der Waals surface area contributed by atoms with Gasteiger partial charge in [0.15, 0.2) is 18.1 Å². The third-order valence-corrected chi connectivity index (χ3v) is 6.33. The monoisotopic (exact) mass is 490 g/mol. The van der Waals surface area contributed by atoms with Gasteiger partial charge in [0.2, 0.25) is 5.78 Å². The summed E-state index contributed by atoms with van der Waals surface area (Å²) in [7, 11) is 3.22. The fourth-order valence-electron chi connectivity index (χ4n) is 4.33. The highest BCUT2D eigenvalue weighted by Gasteiger charge is 2.19. The van der Waals surface area contributed by atoms with E-state index in [-0.39, 0.29) is 12.4 Å². The number of benzene rings is 2. The second-order valence-corrected chi connectivity index (χ2v) is 8.48. The van der Waals surface area contributed by atoms with Crippen LogP contribution >= 0.6 is 0 Å². The van der Waals surface area contributed by atoms with Crippen LogP contribution in [-0.2, 0) is 24.2 Å². The Labute approximate surface area is 209 Å². The molecule has 0 bridgehead atoms. The molecule has 9 nitrogen and oxygen atoms in total. The number of hydrogen-bond donors (Lipinski definition) is 0. The second-order valence-electron chi connectivity index (χ2n) is 8.48. The van der Waals surface area contributed by atoms with Gasteiger partial charge in [-0.3, -0.25) is 4.79 Å². The van der Waals surface area contributed by atoms with Gasteiger partial charge in [0.05, 0.1) is 25.3 Å². The second kappa shape index (κ2) is 10.6. The molecular formula is C27H30N4O5. The minimum atomic E-state index is -0.571. The predicted octanol–water partition coefficient (Wildman–Crippen LogP) is 4.17. The number of fused-ring (bicyclic) bond motifs is 1. The van der Waals surface area contributed by atoms with Gasteiger partial charge in [-0.25, -0.2) is 9.48 Å². The topological polar surface area (TPSA) is 97.5 Å². The van der Waals surface area contributed by atoms with E-state index in [1.54, 1.807) is 37.1 Å². The molecule has 188 valence electrons. The average molecular weight is 491 g/mol. The molecule has 0 saturated carbocycles. The molecule has 2 aromatic heterocycles. The molecule has 2 heterocycles. The maximum atomic E-state index is 12.9. The smallest absolute Gasteiger partial charge is 0.338 e. The molecule has 4 aromatic rings. The normalized spacial score (nSPS) is 11.0. The lowest BCUT2D eigenvalue weighted by molar-refractivity contribution is 0.0474. The van der Waals surface area contributed by atoms with Crippen molar-refractivity contribution in [3.8, 4) is 11.5 Å². The minimum Gasteiger partial charge on any atom is -0.493 e. The van der Waals surface area contributed by atoms with Crippen LogP contribution in [0.1, 0.15) is 44.6 Å². The van der Waals surface area contributed by atoms with Crippen molar-refractivity contribution in [1.29, 1.82) is 0 Å². The van der Waals surface area contributed by atoms with E-state index in [4.69, 9.17) is 14.2 Å². The third-order valence-electron chi connectivity index (χ3n) is 6.33. The van der Waals surface area contributed by atoms with Crippen LogP contribution in [0.4, 0.5) is 0 Å². The quantitative estimate of drug-likeness (QED) is 0.243. The molecule has 0 aliphatic rings. The van der Waals surface area contributed by atoms with Crippen molar-refractivity contribution >= 4 is 22.8 Å². The lowest BCUT2D eigenvalue weighted by Crippen LogP contribution is -2.15. The summed E-state index contributed by atoms with van der Waals surface area (Å²) in [5.74, 6) is 0.553. The summed E-state index contributed by atoms with van der Waals surface area (Å²) in [4.78, 5) is 25.5. The molecule has 0 aliphatic carbocycles. The van der Waals surface area contributed by atoms with E-state index < -0.39 is 5.97 Å². The molecule has 0 aliphatic heterocycles. The van der Waals surface area contributed by atoms with Gasteiger partial charge in [-0.05, 0) is 69.2 Å². The van der Waals surface area contributed by atoms with Crippen LogP contribution in [0.5, 0.6) is 11.5 Å². The average Bonchev–Trinajstić information content (AvgIpc) is 3.44. The van der Waals surface area contributed by atoms with E-state index in [2.05, 4.69) is 14.9 Å². The summed E-state index contributed by atoms with van der Waals surface area (Å²) in [6.07, 6.45) is 0.754. The van der Waals surface area contributed by atoms with Crippen molar-refractivity contribution in [2.45, 2.75) is 40.3 Å². The predicted molar refractivity (Wildman–Crippen MR) is 135 cm³/mol. The molecule has 0 unspecified atom stereocenters. The number of aromatic nitrogens is 4. The highest BCUT2D eigenvalue weighted by atomic mass is 16.5. The van der Waals surface area contributed by atoms with Crippen molar-refractivity contribution in [2.24, 2.45) is 0 Å². The number of methoxy groups -OCH3 is 2. The first-order valence-electron chi connectivity index (χ1n) is 11.8. The lowest BCUT2D eigenvalue weighted by Gasteiger charge is -2.12. The molecule has 0 radical (unpaired) electrons. The van der Waals surface area contributed by atoms with E-state index in [1.807, 2.05) is 45.0 Å². The van der Waals surface area contributed by atoms with Crippen molar-refractivity contribution < 1.29 is 23.8 Å². The first-order chi connectivity index (χ1) is 17.4. The zero-order chi connectivity index (χ0) is 25.8. The van der Waals surface area contributed by atoms with E-state index in [0.717, 1.165) is 28.9 Å². The maximum Gasteiger partial charge on any atom is 0.338 e. The summed E-state index contributed by atoms with van der Waals surface area (Å²) in [5.41, 5.74) is 5.23. The maximum absolute atomic E-state index is 12.9. The lowest BCUT2D eigenvalue weighted by atomic mass is 10.1. The Morgan fingerprint density at radius 1 is 0.972 bits per heavy atom. The fraction of sp³-hybridized carbons (Fsp3) is 0.333. The largest absolute Gasteiger partial charge is 0.493 e. The van der Waals surface area contributed by atoms with Crippen LogP contribution in [0.15, 0.2) is 42.5 Å². The number of carbonyl (C=O) groups excluding carboxylic acids is 2. The molecule has 2 aromatic carbocycles. The van der Waals surface area contributed by atoms with Gasteiger partial charge >= 0.3 is 5.97 Å². The Balaban J connectivity index is 1.40. The summed E-state index contributed by atoms with van der Waals surface area (Å²) in [6.45, 7) is 6.87. The fourth-order valence-corrected chi connectivity index (χ4v) is 4.33. The van der Waals surface area contributed by atoms with E-state index in [1.165, 1.54) is 0 Å². The van der Waals surface area contributed by atoms with Crippen LogP contribution in [0, 0.1) is 13.8 Å². The molecule has 0 fully saturated rings. The zero-order valence-corrected chi connectivity index (χ0v) is 21.2. The number of aryl methyl sites for hydroxylation is 3. The number of hydrogen-bond acceptors (Lipinski definition) is 7. The molecular weight excluding hydrogens is 460 g/mol. The van der Waals surface area contributed by atoms with Crippen molar-refractivity contribution in [3.05, 3.63) is 70.5 Å². The SMILES string of the molecule is CCn1nnc2cc(C(=O)OCC(=O)c3cc(C)n(CCc4ccc(OC)c(OC)c4)c3C)ccc21. The van der Waals surface area contributed by atoms with Crippen LogP contribution < -0.4 is 9.47 Å². The summed E-state index contributed by atoms with van der Waals surface area (Å²) < 4.78 is 19.9. The van der Waals surface area contributed by atoms with Gasteiger partial charge in [-0.15, -0.1) is 5.10 Å². The van der Waals surface area contributed by atoms with Gasteiger partial charge in [0.25, 0.3) is 0 Å². The molecule has 0 N–H and O–H groups in total. The third kappa shape index (κ3) is 4.95. The highest BCUT2D eigenvalue weighted by molar-refractivity contribution is 6.01. The Bertz CT molecular complexity index is 1420. The van der Waals surface area contributed by atoms with Crippen LogP contribution in [0.3, 0.4) is 0 Å². The number of esters is 1. The number of nitrogens with zero attached hydrogens (tertiary/aromatic N) is 4. The molecule has 9 heteroatoms.